The van der Waals surface area contributed by atoms with Crippen LogP contribution < -0.4 is 0 Å². The van der Waals surface area contributed by atoms with Crippen molar-refractivity contribution >= 4 is 17.3 Å². The van der Waals surface area contributed by atoms with Crippen molar-refractivity contribution in [1.82, 2.24) is 0 Å². The van der Waals surface area contributed by atoms with Gasteiger partial charge in [0.1, 0.15) is 0 Å². The molecule has 0 heterocycles. The zero-order chi connectivity index (χ0) is 13.8. The van der Waals surface area contributed by atoms with E-state index in [2.05, 4.69) is 6.58 Å². The van der Waals surface area contributed by atoms with Gasteiger partial charge in [0.2, 0.25) is 0 Å². The van der Waals surface area contributed by atoms with Crippen molar-refractivity contribution in [1.29, 1.82) is 0 Å². The van der Waals surface area contributed by atoms with E-state index in [0.717, 1.165) is 6.08 Å². The largest absolute Gasteiger partial charge is 0.294 e. The van der Waals surface area contributed by atoms with Crippen LogP contribution in [0.3, 0.4) is 0 Å². The molecule has 0 fully saturated rings. The molecule has 1 aromatic carbocycles. The van der Waals surface area contributed by atoms with Gasteiger partial charge in [0.25, 0.3) is 0 Å². The smallest absolute Gasteiger partial charge is 0.196 e. The fraction of sp³-hybridized carbons (Fsp3) is 0.0625. The van der Waals surface area contributed by atoms with Crippen LogP contribution in [0.15, 0.2) is 66.3 Å². The molecule has 2 rings (SSSR count). The first-order chi connectivity index (χ1) is 9.13. The van der Waals surface area contributed by atoms with Gasteiger partial charge in [0.05, 0.1) is 5.57 Å². The van der Waals surface area contributed by atoms with Crippen molar-refractivity contribution in [2.75, 3.05) is 0 Å². The fourth-order valence-electron chi connectivity index (χ4n) is 1.85. The Kier molecular flexibility index (Phi) is 3.66. The maximum atomic E-state index is 12.1. The van der Waals surface area contributed by atoms with Crippen LogP contribution in [0.5, 0.6) is 0 Å². The van der Waals surface area contributed by atoms with Gasteiger partial charge in [-0.25, -0.2) is 0 Å². The third-order valence-corrected chi connectivity index (χ3v) is 2.89. The SMILES string of the molecule is C=CC(=O)C1=CC=C(C(=O)c2ccccc2)C(=O)C1. The van der Waals surface area contributed by atoms with E-state index in [4.69, 9.17) is 0 Å². The van der Waals surface area contributed by atoms with Crippen molar-refractivity contribution in [2.24, 2.45) is 0 Å². The molecule has 0 aromatic heterocycles. The molecule has 94 valence electrons. The zero-order valence-corrected chi connectivity index (χ0v) is 10.3. The van der Waals surface area contributed by atoms with Crippen molar-refractivity contribution in [3.05, 3.63) is 71.8 Å². The Labute approximate surface area is 110 Å². The van der Waals surface area contributed by atoms with Crippen LogP contribution in [-0.2, 0) is 9.59 Å². The molecule has 0 saturated carbocycles. The lowest BCUT2D eigenvalue weighted by molar-refractivity contribution is -0.117. The van der Waals surface area contributed by atoms with E-state index in [1.54, 1.807) is 30.3 Å². The van der Waals surface area contributed by atoms with Crippen LogP contribution in [0, 0.1) is 0 Å². The first kappa shape index (κ1) is 12.9. The summed E-state index contributed by atoms with van der Waals surface area (Å²) in [5.74, 6) is -0.927. The number of benzene rings is 1. The van der Waals surface area contributed by atoms with Crippen LogP contribution in [0.1, 0.15) is 16.8 Å². The Morgan fingerprint density at radius 2 is 1.79 bits per heavy atom. The summed E-state index contributed by atoms with van der Waals surface area (Å²) in [4.78, 5) is 35.5. The van der Waals surface area contributed by atoms with Gasteiger partial charge in [0.15, 0.2) is 17.3 Å². The van der Waals surface area contributed by atoms with Gasteiger partial charge in [-0.1, -0.05) is 43.0 Å². The third-order valence-electron chi connectivity index (χ3n) is 2.89. The predicted octanol–water partition coefficient (Wildman–Crippen LogP) is 2.45. The number of carbonyl (C=O) groups excluding carboxylic acids is 3. The van der Waals surface area contributed by atoms with Gasteiger partial charge in [-0.15, -0.1) is 0 Å². The Morgan fingerprint density at radius 3 is 2.37 bits per heavy atom. The molecule has 0 radical (unpaired) electrons. The average Bonchev–Trinajstić information content (AvgIpc) is 2.46. The molecule has 1 aliphatic carbocycles. The van der Waals surface area contributed by atoms with Gasteiger partial charge >= 0.3 is 0 Å². The highest BCUT2D eigenvalue weighted by Crippen LogP contribution is 2.19. The first-order valence-electron chi connectivity index (χ1n) is 5.84. The molecular weight excluding hydrogens is 240 g/mol. The highest BCUT2D eigenvalue weighted by atomic mass is 16.2. The van der Waals surface area contributed by atoms with E-state index < -0.39 is 0 Å². The van der Waals surface area contributed by atoms with E-state index in [1.807, 2.05) is 0 Å². The van der Waals surface area contributed by atoms with E-state index in [1.165, 1.54) is 12.2 Å². The molecule has 0 bridgehead atoms. The lowest BCUT2D eigenvalue weighted by Crippen LogP contribution is -2.18. The molecule has 1 aliphatic rings. The van der Waals surface area contributed by atoms with Gasteiger partial charge in [-0.05, 0) is 12.2 Å². The summed E-state index contributed by atoms with van der Waals surface area (Å²) in [6.07, 6.45) is 4.05. The second kappa shape index (κ2) is 5.40. The molecule has 19 heavy (non-hydrogen) atoms. The predicted molar refractivity (Wildman–Crippen MR) is 71.8 cm³/mol. The lowest BCUT2D eigenvalue weighted by Gasteiger charge is -2.11. The monoisotopic (exact) mass is 252 g/mol. The molecule has 0 atom stereocenters. The number of allylic oxidation sites excluding steroid dienone is 5. The third kappa shape index (κ3) is 2.65. The number of rotatable bonds is 4. The second-order valence-electron chi connectivity index (χ2n) is 4.14. The highest BCUT2D eigenvalue weighted by Gasteiger charge is 2.24. The molecule has 0 saturated heterocycles. The Bertz CT molecular complexity index is 619. The second-order valence-corrected chi connectivity index (χ2v) is 4.14. The maximum Gasteiger partial charge on any atom is 0.196 e. The minimum absolute atomic E-state index is 0.0464. The number of ketones is 3. The van der Waals surface area contributed by atoms with Gasteiger partial charge in [-0.2, -0.15) is 0 Å². The van der Waals surface area contributed by atoms with Gasteiger partial charge < -0.3 is 0 Å². The minimum Gasteiger partial charge on any atom is -0.294 e. The fourth-order valence-corrected chi connectivity index (χ4v) is 1.85. The van der Waals surface area contributed by atoms with E-state index in [-0.39, 0.29) is 29.3 Å². The normalized spacial score (nSPS) is 14.4. The highest BCUT2D eigenvalue weighted by molar-refractivity contribution is 6.28. The van der Waals surface area contributed by atoms with Crippen molar-refractivity contribution < 1.29 is 14.4 Å². The quantitative estimate of drug-likeness (QED) is 0.470. The van der Waals surface area contributed by atoms with Gasteiger partial charge in [-0.3, -0.25) is 14.4 Å². The summed E-state index contributed by atoms with van der Waals surface area (Å²) in [6, 6.07) is 8.59. The number of carbonyl (C=O) groups is 3. The molecule has 0 unspecified atom stereocenters. The standard InChI is InChI=1S/C16H12O3/c1-2-14(17)12-8-9-13(15(18)10-12)16(19)11-6-4-3-5-7-11/h2-9H,1,10H2. The number of hydrogen-bond donors (Lipinski definition) is 0. The molecule has 3 heteroatoms. The summed E-state index contributed by atoms with van der Waals surface area (Å²) >= 11 is 0. The molecule has 0 spiro atoms. The average molecular weight is 252 g/mol. The summed E-state index contributed by atoms with van der Waals surface area (Å²) in [5, 5.41) is 0. The Balaban J connectivity index is 2.31. The van der Waals surface area contributed by atoms with Gasteiger partial charge in [0, 0.05) is 17.6 Å². The molecule has 0 N–H and O–H groups in total. The number of hydrogen-bond acceptors (Lipinski definition) is 3. The minimum atomic E-state index is -0.332. The first-order valence-corrected chi connectivity index (χ1v) is 5.84. The topological polar surface area (TPSA) is 51.2 Å². The van der Waals surface area contributed by atoms with E-state index in [0.29, 0.717) is 11.1 Å². The van der Waals surface area contributed by atoms with E-state index in [9.17, 15) is 14.4 Å². The van der Waals surface area contributed by atoms with Crippen molar-refractivity contribution in [3.8, 4) is 0 Å². The molecule has 0 aliphatic heterocycles. The van der Waals surface area contributed by atoms with Crippen LogP contribution in [0.4, 0.5) is 0 Å². The number of Topliss-reactive ketones (excluding diaryl/α,β-unsaturated/α-hetero) is 2. The van der Waals surface area contributed by atoms with Crippen LogP contribution >= 0.6 is 0 Å². The van der Waals surface area contributed by atoms with Crippen molar-refractivity contribution in [2.45, 2.75) is 6.42 Å². The molecular formula is C16H12O3. The van der Waals surface area contributed by atoms with Crippen LogP contribution in [0.25, 0.3) is 0 Å². The van der Waals surface area contributed by atoms with Crippen LogP contribution in [0.2, 0.25) is 0 Å². The summed E-state index contributed by atoms with van der Waals surface area (Å²) in [6.45, 7) is 3.37. The summed E-state index contributed by atoms with van der Waals surface area (Å²) in [5.41, 5.74) is 0.949. The van der Waals surface area contributed by atoms with Crippen LogP contribution in [-0.4, -0.2) is 17.3 Å². The zero-order valence-electron chi connectivity index (χ0n) is 10.3. The molecule has 1 aromatic rings. The molecule has 3 nitrogen and oxygen atoms in total. The van der Waals surface area contributed by atoms with Crippen molar-refractivity contribution in [3.63, 3.8) is 0 Å². The Hall–Kier alpha value is -2.55. The lowest BCUT2D eigenvalue weighted by atomic mass is 9.90. The summed E-state index contributed by atoms with van der Waals surface area (Å²) in [7, 11) is 0. The molecule has 0 amide bonds. The Morgan fingerprint density at radius 1 is 1.11 bits per heavy atom. The summed E-state index contributed by atoms with van der Waals surface area (Å²) < 4.78 is 0. The van der Waals surface area contributed by atoms with E-state index >= 15 is 0 Å². The maximum absolute atomic E-state index is 12.1.